The van der Waals surface area contributed by atoms with Crippen molar-refractivity contribution >= 4 is 22.4 Å². The third-order valence-corrected chi connectivity index (χ3v) is 5.92. The van der Waals surface area contributed by atoms with Gasteiger partial charge in [-0.1, -0.05) is 53.7 Å². The summed E-state index contributed by atoms with van der Waals surface area (Å²) in [6, 6.07) is 23.5. The summed E-state index contributed by atoms with van der Waals surface area (Å²) in [7, 11) is 0. The molecule has 0 fully saturated rings. The summed E-state index contributed by atoms with van der Waals surface area (Å²) < 4.78 is 11.0. The summed E-state index contributed by atoms with van der Waals surface area (Å²) in [4.78, 5) is 15.7. The summed E-state index contributed by atoms with van der Waals surface area (Å²) in [5.74, 6) is 0.382. The van der Waals surface area contributed by atoms with Gasteiger partial charge in [0.15, 0.2) is 0 Å². The number of nitrogens with one attached hydrogen (secondary N) is 1. The summed E-state index contributed by atoms with van der Waals surface area (Å²) >= 11 is 0. The van der Waals surface area contributed by atoms with Gasteiger partial charge in [0.25, 0.3) is 0 Å². The first-order valence-electron chi connectivity index (χ1n) is 11.0. The second-order valence-corrected chi connectivity index (χ2v) is 8.20. The molecule has 0 spiro atoms. The van der Waals surface area contributed by atoms with Gasteiger partial charge in [0.2, 0.25) is 17.5 Å². The maximum atomic E-state index is 11.0. The SMILES string of the molecule is Cc1ccc(NCc2ccc(C(=O)O)o2)cc1-c1noc(C(C)c2cccc3ccccc23)n1. The predicted molar refractivity (Wildman–Crippen MR) is 129 cm³/mol. The largest absolute Gasteiger partial charge is 0.475 e. The molecule has 0 amide bonds. The number of anilines is 1. The number of hydrogen-bond donors (Lipinski definition) is 2. The molecule has 2 heterocycles. The number of aromatic nitrogens is 2. The Bertz CT molecular complexity index is 1480. The highest BCUT2D eigenvalue weighted by atomic mass is 16.5. The number of carbonyl (C=O) groups is 1. The molecule has 1 atom stereocenters. The average molecular weight is 453 g/mol. The van der Waals surface area contributed by atoms with Crippen LogP contribution < -0.4 is 5.32 Å². The Morgan fingerprint density at radius 3 is 2.71 bits per heavy atom. The van der Waals surface area contributed by atoms with Crippen LogP contribution in [-0.4, -0.2) is 21.2 Å². The van der Waals surface area contributed by atoms with Crippen LogP contribution in [0.25, 0.3) is 22.2 Å². The van der Waals surface area contributed by atoms with Gasteiger partial charge in [0.1, 0.15) is 5.76 Å². The Balaban J connectivity index is 1.38. The lowest BCUT2D eigenvalue weighted by molar-refractivity contribution is 0.0660. The van der Waals surface area contributed by atoms with Crippen LogP contribution in [-0.2, 0) is 6.54 Å². The van der Waals surface area contributed by atoms with Crippen LogP contribution in [0.2, 0.25) is 0 Å². The number of carboxylic acids is 1. The average Bonchev–Trinajstić information content (AvgIpc) is 3.53. The molecule has 0 saturated heterocycles. The molecule has 2 aromatic heterocycles. The number of carboxylic acid groups (broad SMARTS) is 1. The van der Waals surface area contributed by atoms with Crippen molar-refractivity contribution in [2.24, 2.45) is 0 Å². The van der Waals surface area contributed by atoms with E-state index < -0.39 is 5.97 Å². The zero-order chi connectivity index (χ0) is 23.7. The number of benzene rings is 3. The van der Waals surface area contributed by atoms with Crippen LogP contribution in [0.3, 0.4) is 0 Å². The van der Waals surface area contributed by atoms with Crippen molar-refractivity contribution in [1.29, 1.82) is 0 Å². The van der Waals surface area contributed by atoms with Crippen molar-refractivity contribution in [2.75, 3.05) is 5.32 Å². The molecule has 0 aliphatic heterocycles. The van der Waals surface area contributed by atoms with Crippen molar-refractivity contribution < 1.29 is 18.8 Å². The molecular formula is C27H23N3O4. The fraction of sp³-hybridized carbons (Fsp3) is 0.148. The van der Waals surface area contributed by atoms with E-state index in [1.165, 1.54) is 16.8 Å². The van der Waals surface area contributed by atoms with Crippen LogP contribution >= 0.6 is 0 Å². The van der Waals surface area contributed by atoms with Crippen molar-refractivity contribution in [2.45, 2.75) is 26.3 Å². The van der Waals surface area contributed by atoms with Crippen molar-refractivity contribution in [3.8, 4) is 11.4 Å². The Labute approximate surface area is 196 Å². The zero-order valence-corrected chi connectivity index (χ0v) is 18.8. The lowest BCUT2D eigenvalue weighted by Gasteiger charge is -2.11. The van der Waals surface area contributed by atoms with Crippen molar-refractivity contribution in [1.82, 2.24) is 10.1 Å². The molecule has 0 aliphatic rings. The highest BCUT2D eigenvalue weighted by Gasteiger charge is 2.20. The maximum Gasteiger partial charge on any atom is 0.371 e. The maximum absolute atomic E-state index is 11.0. The van der Waals surface area contributed by atoms with E-state index in [1.54, 1.807) is 6.07 Å². The molecule has 0 aliphatic carbocycles. The van der Waals surface area contributed by atoms with Crippen LogP contribution in [0, 0.1) is 6.92 Å². The predicted octanol–water partition coefficient (Wildman–Crippen LogP) is 6.25. The van der Waals surface area contributed by atoms with Crippen LogP contribution in [0.4, 0.5) is 5.69 Å². The van der Waals surface area contributed by atoms with E-state index in [2.05, 4.69) is 41.7 Å². The first kappa shape index (κ1) is 21.5. The van der Waals surface area contributed by atoms with E-state index >= 15 is 0 Å². The summed E-state index contributed by atoms with van der Waals surface area (Å²) in [5, 5.41) is 18.9. The molecular weight excluding hydrogens is 430 g/mol. The highest BCUT2D eigenvalue weighted by molar-refractivity contribution is 5.86. The second-order valence-electron chi connectivity index (χ2n) is 8.20. The second kappa shape index (κ2) is 8.86. The van der Waals surface area contributed by atoms with Crippen LogP contribution in [0.5, 0.6) is 0 Å². The van der Waals surface area contributed by atoms with E-state index in [9.17, 15) is 4.79 Å². The molecule has 170 valence electrons. The molecule has 1 unspecified atom stereocenters. The van der Waals surface area contributed by atoms with Gasteiger partial charge in [-0.2, -0.15) is 4.98 Å². The standard InChI is InChI=1S/C27H23N3O4/c1-16-10-11-19(28-15-20-12-13-24(33-20)27(31)32)14-23(16)25-29-26(34-30-25)17(2)21-9-5-7-18-6-3-4-8-22(18)21/h3-14,17,28H,15H2,1-2H3,(H,31,32). The molecule has 5 aromatic rings. The van der Waals surface area contributed by atoms with Gasteiger partial charge in [-0.3, -0.25) is 0 Å². The minimum Gasteiger partial charge on any atom is -0.475 e. The fourth-order valence-corrected chi connectivity index (χ4v) is 4.03. The summed E-state index contributed by atoms with van der Waals surface area (Å²) in [6.07, 6.45) is 0. The van der Waals surface area contributed by atoms with E-state index in [1.807, 2.05) is 43.3 Å². The number of furan rings is 1. The first-order chi connectivity index (χ1) is 16.5. The number of aromatic carboxylic acids is 1. The van der Waals surface area contributed by atoms with Gasteiger partial charge in [-0.25, -0.2) is 4.79 Å². The Kier molecular flexibility index (Phi) is 5.59. The summed E-state index contributed by atoms with van der Waals surface area (Å²) in [6.45, 7) is 4.42. The third kappa shape index (κ3) is 4.15. The smallest absolute Gasteiger partial charge is 0.371 e. The van der Waals surface area contributed by atoms with Crippen LogP contribution in [0.15, 0.2) is 81.7 Å². The van der Waals surface area contributed by atoms with E-state index in [4.69, 9.17) is 19.0 Å². The fourth-order valence-electron chi connectivity index (χ4n) is 4.03. The van der Waals surface area contributed by atoms with Gasteiger partial charge in [-0.05, 0) is 60.0 Å². The molecule has 7 nitrogen and oxygen atoms in total. The Morgan fingerprint density at radius 2 is 1.88 bits per heavy atom. The molecule has 0 radical (unpaired) electrons. The molecule has 3 aromatic carbocycles. The minimum atomic E-state index is -1.09. The van der Waals surface area contributed by atoms with Gasteiger partial charge >= 0.3 is 5.97 Å². The van der Waals surface area contributed by atoms with Gasteiger partial charge in [-0.15, -0.1) is 0 Å². The molecule has 34 heavy (non-hydrogen) atoms. The number of nitrogens with zero attached hydrogens (tertiary/aromatic N) is 2. The molecule has 0 saturated carbocycles. The molecule has 5 rings (SSSR count). The van der Waals surface area contributed by atoms with Gasteiger partial charge < -0.3 is 19.4 Å². The van der Waals surface area contributed by atoms with Crippen molar-refractivity contribution in [3.05, 3.63) is 101 Å². The lowest BCUT2D eigenvalue weighted by atomic mass is 9.95. The first-order valence-corrected chi connectivity index (χ1v) is 11.0. The van der Waals surface area contributed by atoms with Gasteiger partial charge in [0, 0.05) is 11.3 Å². The minimum absolute atomic E-state index is 0.0589. The Morgan fingerprint density at radius 1 is 1.06 bits per heavy atom. The zero-order valence-electron chi connectivity index (χ0n) is 18.8. The summed E-state index contributed by atoms with van der Waals surface area (Å²) in [5.41, 5.74) is 3.85. The monoisotopic (exact) mass is 453 g/mol. The lowest BCUT2D eigenvalue weighted by Crippen LogP contribution is -2.00. The normalized spacial score (nSPS) is 12.1. The Hall–Kier alpha value is -4.39. The number of hydrogen-bond acceptors (Lipinski definition) is 6. The van der Waals surface area contributed by atoms with E-state index in [0.29, 0.717) is 24.0 Å². The highest BCUT2D eigenvalue weighted by Crippen LogP contribution is 2.32. The topological polar surface area (TPSA) is 101 Å². The van der Waals surface area contributed by atoms with E-state index in [0.717, 1.165) is 22.4 Å². The molecule has 2 N–H and O–H groups in total. The van der Waals surface area contributed by atoms with Gasteiger partial charge in [0.05, 0.1) is 12.5 Å². The van der Waals surface area contributed by atoms with Crippen LogP contribution in [0.1, 0.15) is 46.2 Å². The number of aryl methyl sites for hydroxylation is 1. The van der Waals surface area contributed by atoms with E-state index in [-0.39, 0.29) is 11.7 Å². The van der Waals surface area contributed by atoms with Crippen molar-refractivity contribution in [3.63, 3.8) is 0 Å². The molecule has 0 bridgehead atoms. The number of rotatable bonds is 7. The number of fused-ring (bicyclic) bond motifs is 1. The quantitative estimate of drug-likeness (QED) is 0.300. The third-order valence-electron chi connectivity index (χ3n) is 5.92. The molecule has 7 heteroatoms.